The van der Waals surface area contributed by atoms with Gasteiger partial charge in [0.15, 0.2) is 0 Å². The number of fused-ring (bicyclic) bond motifs is 1. The van der Waals surface area contributed by atoms with E-state index in [4.69, 9.17) is 0 Å². The van der Waals surface area contributed by atoms with Gasteiger partial charge < -0.3 is 9.80 Å². The SMILES string of the molecule is CN(CCCCc1ccc2c(c1)S(=O)CN2C)C(=O)C(F)(F)F. The van der Waals surface area contributed by atoms with Gasteiger partial charge in [-0.3, -0.25) is 9.00 Å². The Balaban J connectivity index is 1.83. The summed E-state index contributed by atoms with van der Waals surface area (Å²) in [6.45, 7) is 0.0674. The standard InChI is InChI=1S/C15H19F3N2O2S/c1-19(14(21)15(16,17)18)8-4-3-5-11-6-7-12-13(9-11)23(22)10-20(12)2/h6-7,9H,3-5,8,10H2,1-2H3. The number of alkyl halides is 3. The number of carbonyl (C=O) groups excluding carboxylic acids is 1. The Morgan fingerprint density at radius 1 is 1.35 bits per heavy atom. The van der Waals surface area contributed by atoms with Crippen LogP contribution in [-0.4, -0.2) is 47.7 Å². The molecule has 4 nitrogen and oxygen atoms in total. The van der Waals surface area contributed by atoms with E-state index in [1.54, 1.807) is 0 Å². The van der Waals surface area contributed by atoms with Crippen molar-refractivity contribution in [2.24, 2.45) is 0 Å². The number of nitrogens with zero attached hydrogens (tertiary/aromatic N) is 2. The molecule has 1 aliphatic rings. The first-order valence-electron chi connectivity index (χ1n) is 7.25. The summed E-state index contributed by atoms with van der Waals surface area (Å²) in [5, 5.41) is 0. The molecule has 1 aromatic carbocycles. The highest BCUT2D eigenvalue weighted by molar-refractivity contribution is 7.85. The Kier molecular flexibility index (Phi) is 5.33. The molecule has 2 rings (SSSR count). The minimum atomic E-state index is -4.81. The number of hydrogen-bond acceptors (Lipinski definition) is 3. The van der Waals surface area contributed by atoms with Crippen LogP contribution in [0.1, 0.15) is 18.4 Å². The van der Waals surface area contributed by atoms with Crippen molar-refractivity contribution >= 4 is 22.4 Å². The number of amides is 1. The van der Waals surface area contributed by atoms with E-state index in [9.17, 15) is 22.2 Å². The highest BCUT2D eigenvalue weighted by atomic mass is 32.2. The summed E-state index contributed by atoms with van der Waals surface area (Å²) in [5.41, 5.74) is 1.97. The van der Waals surface area contributed by atoms with Gasteiger partial charge in [-0.15, -0.1) is 0 Å². The van der Waals surface area contributed by atoms with Gasteiger partial charge in [0.05, 0.1) is 27.3 Å². The molecule has 23 heavy (non-hydrogen) atoms. The molecule has 1 amide bonds. The van der Waals surface area contributed by atoms with Crippen molar-refractivity contribution < 1.29 is 22.2 Å². The van der Waals surface area contributed by atoms with Gasteiger partial charge in [0.25, 0.3) is 0 Å². The van der Waals surface area contributed by atoms with Gasteiger partial charge in [-0.25, -0.2) is 0 Å². The largest absolute Gasteiger partial charge is 0.471 e. The lowest BCUT2D eigenvalue weighted by Gasteiger charge is -2.18. The molecule has 1 heterocycles. The molecule has 1 aromatic rings. The number of rotatable bonds is 5. The van der Waals surface area contributed by atoms with E-state index in [-0.39, 0.29) is 6.54 Å². The van der Waals surface area contributed by atoms with Crippen molar-refractivity contribution in [1.29, 1.82) is 0 Å². The van der Waals surface area contributed by atoms with Crippen LogP contribution in [0.3, 0.4) is 0 Å². The summed E-state index contributed by atoms with van der Waals surface area (Å²) < 4.78 is 48.7. The Labute approximate surface area is 135 Å². The van der Waals surface area contributed by atoms with Crippen molar-refractivity contribution in [3.8, 4) is 0 Å². The van der Waals surface area contributed by atoms with Crippen LogP contribution >= 0.6 is 0 Å². The molecule has 0 aromatic heterocycles. The molecule has 8 heteroatoms. The Hall–Kier alpha value is -1.57. The van der Waals surface area contributed by atoms with Gasteiger partial charge in [0.1, 0.15) is 0 Å². The van der Waals surface area contributed by atoms with E-state index < -0.39 is 22.9 Å². The van der Waals surface area contributed by atoms with E-state index >= 15 is 0 Å². The monoisotopic (exact) mass is 348 g/mol. The van der Waals surface area contributed by atoms with Crippen molar-refractivity contribution in [1.82, 2.24) is 4.90 Å². The number of aryl methyl sites for hydroxylation is 1. The lowest BCUT2D eigenvalue weighted by Crippen LogP contribution is -2.38. The fraction of sp³-hybridized carbons (Fsp3) is 0.533. The van der Waals surface area contributed by atoms with Gasteiger partial charge in [-0.1, -0.05) is 6.07 Å². The highest BCUT2D eigenvalue weighted by Crippen LogP contribution is 2.31. The zero-order valence-electron chi connectivity index (χ0n) is 13.0. The second kappa shape index (κ2) is 6.90. The first-order chi connectivity index (χ1) is 10.7. The zero-order chi connectivity index (χ0) is 17.2. The van der Waals surface area contributed by atoms with Gasteiger partial charge >= 0.3 is 12.1 Å². The van der Waals surface area contributed by atoms with Gasteiger partial charge in [0, 0.05) is 20.6 Å². The summed E-state index contributed by atoms with van der Waals surface area (Å²) in [4.78, 5) is 14.4. The average Bonchev–Trinajstić information content (AvgIpc) is 2.76. The molecule has 1 aliphatic heterocycles. The maximum absolute atomic E-state index is 12.2. The van der Waals surface area contributed by atoms with E-state index in [1.165, 1.54) is 0 Å². The maximum Gasteiger partial charge on any atom is 0.471 e. The number of unbranched alkanes of at least 4 members (excludes halogenated alkanes) is 1. The van der Waals surface area contributed by atoms with E-state index in [0.29, 0.717) is 30.0 Å². The molecular weight excluding hydrogens is 329 g/mol. The molecule has 0 aliphatic carbocycles. The van der Waals surface area contributed by atoms with Crippen LogP contribution < -0.4 is 4.90 Å². The average molecular weight is 348 g/mol. The summed E-state index contributed by atoms with van der Waals surface area (Å²) in [6, 6.07) is 5.77. The Morgan fingerprint density at radius 3 is 2.70 bits per heavy atom. The Bertz CT molecular complexity index is 619. The van der Waals surface area contributed by atoms with Crippen LogP contribution in [0.2, 0.25) is 0 Å². The molecule has 0 N–H and O–H groups in total. The van der Waals surface area contributed by atoms with E-state index in [0.717, 1.165) is 23.2 Å². The third kappa shape index (κ3) is 4.25. The van der Waals surface area contributed by atoms with Crippen LogP contribution in [0.25, 0.3) is 0 Å². The molecule has 0 bridgehead atoms. The smallest absolute Gasteiger partial charge is 0.361 e. The third-order valence-electron chi connectivity index (χ3n) is 3.79. The molecule has 128 valence electrons. The molecule has 0 saturated heterocycles. The lowest BCUT2D eigenvalue weighted by molar-refractivity contribution is -0.184. The second-order valence-corrected chi connectivity index (χ2v) is 7.05. The van der Waals surface area contributed by atoms with Crippen LogP contribution in [0.5, 0.6) is 0 Å². The maximum atomic E-state index is 12.2. The fourth-order valence-corrected chi connectivity index (χ4v) is 3.89. The summed E-state index contributed by atoms with van der Waals surface area (Å²) in [7, 11) is 2.02. The predicted octanol–water partition coefficient (Wildman–Crippen LogP) is 2.54. The molecule has 1 unspecified atom stereocenters. The Morgan fingerprint density at radius 2 is 2.04 bits per heavy atom. The van der Waals surface area contributed by atoms with Crippen molar-refractivity contribution in [3.63, 3.8) is 0 Å². The molecule has 1 atom stereocenters. The predicted molar refractivity (Wildman–Crippen MR) is 82.8 cm³/mol. The summed E-state index contributed by atoms with van der Waals surface area (Å²) in [6.07, 6.45) is -2.98. The lowest BCUT2D eigenvalue weighted by atomic mass is 10.1. The number of anilines is 1. The molecular formula is C15H19F3N2O2S. The first kappa shape index (κ1) is 17.8. The van der Waals surface area contributed by atoms with Crippen LogP contribution in [0, 0.1) is 0 Å². The first-order valence-corrected chi connectivity index (χ1v) is 8.57. The van der Waals surface area contributed by atoms with E-state index in [1.807, 2.05) is 30.1 Å². The minimum Gasteiger partial charge on any atom is -0.361 e. The minimum absolute atomic E-state index is 0.0674. The molecule has 0 radical (unpaired) electrons. The molecule has 0 saturated carbocycles. The van der Waals surface area contributed by atoms with Crippen molar-refractivity contribution in [3.05, 3.63) is 23.8 Å². The molecule has 0 spiro atoms. The van der Waals surface area contributed by atoms with Crippen LogP contribution in [0.4, 0.5) is 18.9 Å². The number of benzene rings is 1. The van der Waals surface area contributed by atoms with Gasteiger partial charge in [-0.2, -0.15) is 13.2 Å². The van der Waals surface area contributed by atoms with Gasteiger partial charge in [-0.05, 0) is 37.0 Å². The fourth-order valence-electron chi connectivity index (χ4n) is 2.52. The zero-order valence-corrected chi connectivity index (χ0v) is 13.8. The van der Waals surface area contributed by atoms with E-state index in [2.05, 4.69) is 0 Å². The van der Waals surface area contributed by atoms with Crippen LogP contribution in [0.15, 0.2) is 23.1 Å². The highest BCUT2D eigenvalue weighted by Gasteiger charge is 2.40. The number of hydrogen-bond donors (Lipinski definition) is 0. The molecule has 0 fully saturated rings. The quantitative estimate of drug-likeness (QED) is 0.768. The number of halogens is 3. The number of carbonyl (C=O) groups is 1. The third-order valence-corrected chi connectivity index (χ3v) is 5.23. The van der Waals surface area contributed by atoms with Crippen molar-refractivity contribution in [2.75, 3.05) is 31.4 Å². The summed E-state index contributed by atoms with van der Waals surface area (Å²) in [5.74, 6) is -1.32. The summed E-state index contributed by atoms with van der Waals surface area (Å²) >= 11 is 0. The van der Waals surface area contributed by atoms with Crippen molar-refractivity contribution in [2.45, 2.75) is 30.3 Å². The van der Waals surface area contributed by atoms with Crippen LogP contribution in [-0.2, 0) is 22.0 Å². The topological polar surface area (TPSA) is 40.6 Å². The van der Waals surface area contributed by atoms with Gasteiger partial charge in [0.2, 0.25) is 0 Å². The second-order valence-electron chi connectivity index (χ2n) is 5.66. The normalized spacial score (nSPS) is 17.3.